The molecule has 1 saturated heterocycles. The van der Waals surface area contributed by atoms with Crippen LogP contribution in [0.5, 0.6) is 5.88 Å². The van der Waals surface area contributed by atoms with Crippen molar-refractivity contribution in [3.63, 3.8) is 0 Å². The van der Waals surface area contributed by atoms with E-state index >= 15 is 0 Å². The molecule has 4 nitrogen and oxygen atoms in total. The Morgan fingerprint density at radius 1 is 1.62 bits per heavy atom. The highest BCUT2D eigenvalue weighted by atomic mass is 16.5. The molecular formula is C12H15NO3. The van der Waals surface area contributed by atoms with Crippen molar-refractivity contribution in [2.24, 2.45) is 5.92 Å². The molecule has 86 valence electrons. The Labute approximate surface area is 94.6 Å². The molecule has 0 saturated carbocycles. The number of carbonyl (C=O) groups excluding carboxylic acids is 1. The van der Waals surface area contributed by atoms with Crippen LogP contribution in [0.25, 0.3) is 0 Å². The number of hydrogen-bond acceptors (Lipinski definition) is 4. The minimum atomic E-state index is 0.0714. The second-order valence-corrected chi connectivity index (χ2v) is 3.91. The molecule has 1 aromatic heterocycles. The van der Waals surface area contributed by atoms with E-state index in [9.17, 15) is 4.79 Å². The van der Waals surface area contributed by atoms with Gasteiger partial charge in [-0.25, -0.2) is 4.98 Å². The summed E-state index contributed by atoms with van der Waals surface area (Å²) in [5.41, 5.74) is 0.928. The molecule has 0 amide bonds. The van der Waals surface area contributed by atoms with E-state index in [1.165, 1.54) is 0 Å². The van der Waals surface area contributed by atoms with Crippen LogP contribution in [0.1, 0.15) is 12.0 Å². The highest BCUT2D eigenvalue weighted by molar-refractivity contribution is 5.83. The van der Waals surface area contributed by atoms with E-state index in [1.54, 1.807) is 19.4 Å². The average Bonchev–Trinajstić information content (AvgIpc) is 2.83. The first-order chi connectivity index (χ1) is 7.79. The van der Waals surface area contributed by atoms with Crippen molar-refractivity contribution in [3.05, 3.63) is 23.9 Å². The summed E-state index contributed by atoms with van der Waals surface area (Å²) in [4.78, 5) is 15.9. The first-order valence-corrected chi connectivity index (χ1v) is 5.39. The van der Waals surface area contributed by atoms with Crippen molar-refractivity contribution in [3.8, 4) is 5.88 Å². The van der Waals surface area contributed by atoms with Crippen LogP contribution >= 0.6 is 0 Å². The lowest BCUT2D eigenvalue weighted by Gasteiger charge is -2.06. The van der Waals surface area contributed by atoms with Crippen LogP contribution in [0, 0.1) is 5.92 Å². The van der Waals surface area contributed by atoms with Crippen LogP contribution in [-0.4, -0.2) is 31.1 Å². The van der Waals surface area contributed by atoms with Gasteiger partial charge in [0.1, 0.15) is 5.78 Å². The minimum Gasteiger partial charge on any atom is -0.481 e. The van der Waals surface area contributed by atoms with Crippen LogP contribution in [0.15, 0.2) is 18.3 Å². The maximum absolute atomic E-state index is 11.8. The molecule has 1 aliphatic rings. The number of Topliss-reactive ketones (excluding diaryl/α,β-unsaturated/α-hetero) is 1. The van der Waals surface area contributed by atoms with Crippen molar-refractivity contribution in [2.75, 3.05) is 20.3 Å². The lowest BCUT2D eigenvalue weighted by atomic mass is 9.98. The van der Waals surface area contributed by atoms with Gasteiger partial charge in [0.2, 0.25) is 5.88 Å². The predicted octanol–water partition coefficient (Wildman–Crippen LogP) is 1.24. The van der Waals surface area contributed by atoms with Crippen molar-refractivity contribution in [1.82, 2.24) is 4.98 Å². The molecule has 0 aliphatic carbocycles. The average molecular weight is 221 g/mol. The summed E-state index contributed by atoms with van der Waals surface area (Å²) >= 11 is 0. The van der Waals surface area contributed by atoms with Gasteiger partial charge in [-0.15, -0.1) is 0 Å². The van der Waals surface area contributed by atoms with E-state index in [4.69, 9.17) is 9.47 Å². The summed E-state index contributed by atoms with van der Waals surface area (Å²) in [6.45, 7) is 1.28. The number of nitrogens with zero attached hydrogens (tertiary/aromatic N) is 1. The van der Waals surface area contributed by atoms with Gasteiger partial charge in [0.25, 0.3) is 0 Å². The van der Waals surface area contributed by atoms with E-state index in [2.05, 4.69) is 4.98 Å². The highest BCUT2D eigenvalue weighted by Crippen LogP contribution is 2.16. The first-order valence-electron chi connectivity index (χ1n) is 5.39. The van der Waals surface area contributed by atoms with Gasteiger partial charge in [0, 0.05) is 31.2 Å². The molecule has 0 bridgehead atoms. The van der Waals surface area contributed by atoms with Crippen LogP contribution < -0.4 is 4.74 Å². The van der Waals surface area contributed by atoms with Crippen molar-refractivity contribution < 1.29 is 14.3 Å². The zero-order valence-corrected chi connectivity index (χ0v) is 9.31. The van der Waals surface area contributed by atoms with E-state index in [0.717, 1.165) is 12.0 Å². The number of rotatable bonds is 4. The molecule has 16 heavy (non-hydrogen) atoms. The molecule has 2 heterocycles. The Morgan fingerprint density at radius 2 is 2.50 bits per heavy atom. The molecule has 2 rings (SSSR count). The molecule has 1 atom stereocenters. The van der Waals surface area contributed by atoms with Crippen LogP contribution in [0.3, 0.4) is 0 Å². The molecule has 1 fully saturated rings. The summed E-state index contributed by atoms with van der Waals surface area (Å²) in [6, 6.07) is 3.65. The monoisotopic (exact) mass is 221 g/mol. The van der Waals surface area contributed by atoms with E-state index in [-0.39, 0.29) is 11.7 Å². The van der Waals surface area contributed by atoms with Gasteiger partial charge in [-0.05, 0) is 12.0 Å². The predicted molar refractivity (Wildman–Crippen MR) is 58.4 cm³/mol. The third-order valence-electron chi connectivity index (χ3n) is 2.77. The second kappa shape index (κ2) is 5.07. The van der Waals surface area contributed by atoms with E-state index < -0.39 is 0 Å². The minimum absolute atomic E-state index is 0.0714. The van der Waals surface area contributed by atoms with Gasteiger partial charge in [-0.1, -0.05) is 6.07 Å². The summed E-state index contributed by atoms with van der Waals surface area (Å²) in [6.07, 6.45) is 2.97. The number of hydrogen-bond donors (Lipinski definition) is 0. The largest absolute Gasteiger partial charge is 0.481 e. The molecule has 0 radical (unpaired) electrons. The van der Waals surface area contributed by atoms with Gasteiger partial charge in [0.15, 0.2) is 0 Å². The van der Waals surface area contributed by atoms with E-state index in [0.29, 0.717) is 25.5 Å². The maximum Gasteiger partial charge on any atom is 0.212 e. The number of pyridine rings is 1. The first kappa shape index (κ1) is 11.1. The fraction of sp³-hybridized carbons (Fsp3) is 0.500. The summed E-state index contributed by atoms with van der Waals surface area (Å²) in [5, 5.41) is 0. The molecule has 4 heteroatoms. The second-order valence-electron chi connectivity index (χ2n) is 3.91. The third kappa shape index (κ3) is 2.58. The van der Waals surface area contributed by atoms with Gasteiger partial charge in [-0.2, -0.15) is 0 Å². The van der Waals surface area contributed by atoms with Gasteiger partial charge in [-0.3, -0.25) is 4.79 Å². The Kier molecular flexibility index (Phi) is 3.51. The number of ether oxygens (including phenoxy) is 2. The Bertz CT molecular complexity index is 355. The van der Waals surface area contributed by atoms with Crippen molar-refractivity contribution in [1.29, 1.82) is 0 Å². The fourth-order valence-corrected chi connectivity index (χ4v) is 1.77. The molecule has 0 spiro atoms. The summed E-state index contributed by atoms with van der Waals surface area (Å²) in [5.74, 6) is 0.881. The molecule has 1 aliphatic heterocycles. The molecule has 1 aromatic rings. The van der Waals surface area contributed by atoms with Gasteiger partial charge < -0.3 is 9.47 Å². The van der Waals surface area contributed by atoms with Crippen LogP contribution in [-0.2, 0) is 16.0 Å². The Hall–Kier alpha value is -1.42. The summed E-state index contributed by atoms with van der Waals surface area (Å²) < 4.78 is 10.2. The number of aromatic nitrogens is 1. The molecule has 0 N–H and O–H groups in total. The van der Waals surface area contributed by atoms with Crippen molar-refractivity contribution >= 4 is 5.78 Å². The standard InChI is InChI=1S/C12H15NO3/c1-15-12-3-2-9(7-13-12)6-11(14)10-4-5-16-8-10/h2-3,7,10H,4-6,8H2,1H3. The smallest absolute Gasteiger partial charge is 0.212 e. The zero-order chi connectivity index (χ0) is 11.4. The van der Waals surface area contributed by atoms with Crippen LogP contribution in [0.2, 0.25) is 0 Å². The Balaban J connectivity index is 1.94. The SMILES string of the molecule is COc1ccc(CC(=O)C2CCOC2)cn1. The zero-order valence-electron chi connectivity index (χ0n) is 9.31. The molecule has 1 unspecified atom stereocenters. The topological polar surface area (TPSA) is 48.4 Å². The number of carbonyl (C=O) groups is 1. The van der Waals surface area contributed by atoms with E-state index in [1.807, 2.05) is 6.07 Å². The van der Waals surface area contributed by atoms with Crippen LogP contribution in [0.4, 0.5) is 0 Å². The Morgan fingerprint density at radius 3 is 3.06 bits per heavy atom. The lowest BCUT2D eigenvalue weighted by molar-refractivity contribution is -0.122. The van der Waals surface area contributed by atoms with Crippen molar-refractivity contribution in [2.45, 2.75) is 12.8 Å². The molecular weight excluding hydrogens is 206 g/mol. The number of methoxy groups -OCH3 is 1. The quantitative estimate of drug-likeness (QED) is 0.767. The highest BCUT2D eigenvalue weighted by Gasteiger charge is 2.23. The maximum atomic E-state index is 11.8. The normalized spacial score (nSPS) is 19.7. The lowest BCUT2D eigenvalue weighted by Crippen LogP contribution is -2.16. The van der Waals surface area contributed by atoms with Gasteiger partial charge >= 0.3 is 0 Å². The fourth-order valence-electron chi connectivity index (χ4n) is 1.77. The number of ketones is 1. The third-order valence-corrected chi connectivity index (χ3v) is 2.77. The summed E-state index contributed by atoms with van der Waals surface area (Å²) in [7, 11) is 1.57. The molecule has 0 aromatic carbocycles. The van der Waals surface area contributed by atoms with Gasteiger partial charge in [0.05, 0.1) is 13.7 Å².